The molecule has 0 aliphatic heterocycles. The quantitative estimate of drug-likeness (QED) is 0.240. The van der Waals surface area contributed by atoms with E-state index in [-0.39, 0.29) is 28.1 Å². The number of aliphatic hydroxyl groups excluding tert-OH is 1. The van der Waals surface area contributed by atoms with Gasteiger partial charge in [-0.1, -0.05) is 70.1 Å². The average Bonchev–Trinajstić information content (AvgIpc) is 3.02. The second-order valence-electron chi connectivity index (χ2n) is 13.2. The summed E-state index contributed by atoms with van der Waals surface area (Å²) in [5, 5.41) is 21.9. The van der Waals surface area contributed by atoms with E-state index in [9.17, 15) is 19.8 Å². The van der Waals surface area contributed by atoms with Gasteiger partial charge in [0.15, 0.2) is 0 Å². The van der Waals surface area contributed by atoms with Crippen LogP contribution in [0.4, 0.5) is 0 Å². The summed E-state index contributed by atoms with van der Waals surface area (Å²) in [6, 6.07) is 0. The molecule has 0 aromatic heterocycles. The van der Waals surface area contributed by atoms with Crippen molar-refractivity contribution in [1.82, 2.24) is 0 Å². The van der Waals surface area contributed by atoms with Gasteiger partial charge in [0.25, 0.3) is 0 Å². The van der Waals surface area contributed by atoms with Gasteiger partial charge < -0.3 is 14.9 Å². The molecule has 3 aliphatic rings. The lowest BCUT2D eigenvalue weighted by molar-refractivity contribution is -0.148. The molecule has 5 heteroatoms. The summed E-state index contributed by atoms with van der Waals surface area (Å²) in [5.74, 6) is -1.29. The van der Waals surface area contributed by atoms with E-state index in [4.69, 9.17) is 4.74 Å². The van der Waals surface area contributed by atoms with Crippen molar-refractivity contribution in [1.29, 1.82) is 0 Å². The first-order valence-electron chi connectivity index (χ1n) is 14.2. The molecule has 5 nitrogen and oxygen atoms in total. The molecule has 3 rings (SSSR count). The molecule has 3 aliphatic carbocycles. The number of aliphatic carboxylic acids is 1. The number of carbonyl (C=O) groups excluding carboxylic acids is 1. The molecule has 1 fully saturated rings. The highest BCUT2D eigenvalue weighted by Crippen LogP contribution is 2.71. The molecule has 0 aromatic rings. The number of hydrogen-bond acceptors (Lipinski definition) is 4. The second-order valence-corrected chi connectivity index (χ2v) is 13.2. The molecule has 0 bridgehead atoms. The summed E-state index contributed by atoms with van der Waals surface area (Å²) >= 11 is 0. The lowest BCUT2D eigenvalue weighted by Gasteiger charge is -2.57. The standard InChI is InChI=1S/C32H50O5/c1-19(2)21(5)10-11-22(29(35)36)28-26(33)18-32(8)25-13-12-23(20(3)4)30(6,16-15-27(34)37-9)24(25)14-17-31(28,32)7/h19,22-23,26,28,33H,3,5,10-18H2,1-2,4,6-9H3,(H,35,36). The number of carboxylic acid groups (broad SMARTS) is 1. The lowest BCUT2D eigenvalue weighted by atomic mass is 9.47. The first kappa shape index (κ1) is 29.7. The summed E-state index contributed by atoms with van der Waals surface area (Å²) in [6.45, 7) is 21.6. The van der Waals surface area contributed by atoms with E-state index >= 15 is 0 Å². The van der Waals surface area contributed by atoms with Gasteiger partial charge >= 0.3 is 11.9 Å². The predicted molar refractivity (Wildman–Crippen MR) is 148 cm³/mol. The zero-order valence-electron chi connectivity index (χ0n) is 24.3. The molecule has 208 valence electrons. The Morgan fingerprint density at radius 1 is 1.11 bits per heavy atom. The van der Waals surface area contributed by atoms with Crippen LogP contribution in [0.15, 0.2) is 35.5 Å². The highest BCUT2D eigenvalue weighted by atomic mass is 16.5. The number of carboxylic acids is 1. The van der Waals surface area contributed by atoms with Crippen LogP contribution in [0.3, 0.4) is 0 Å². The Morgan fingerprint density at radius 3 is 2.30 bits per heavy atom. The maximum absolute atomic E-state index is 12.6. The van der Waals surface area contributed by atoms with Gasteiger partial charge in [0.05, 0.1) is 19.1 Å². The number of methoxy groups -OCH3 is 1. The summed E-state index contributed by atoms with van der Waals surface area (Å²) < 4.78 is 4.98. The van der Waals surface area contributed by atoms with Crippen LogP contribution < -0.4 is 0 Å². The molecule has 0 heterocycles. The molecule has 0 saturated heterocycles. The molecular formula is C32H50O5. The van der Waals surface area contributed by atoms with Gasteiger partial charge in [-0.2, -0.15) is 0 Å². The zero-order chi connectivity index (χ0) is 27.9. The fourth-order valence-electron chi connectivity index (χ4n) is 8.60. The van der Waals surface area contributed by atoms with Crippen LogP contribution >= 0.6 is 0 Å². The minimum atomic E-state index is -0.806. The average molecular weight is 515 g/mol. The number of aliphatic hydroxyl groups is 1. The van der Waals surface area contributed by atoms with Crippen molar-refractivity contribution in [2.24, 2.45) is 39.9 Å². The smallest absolute Gasteiger partial charge is 0.306 e. The lowest BCUT2D eigenvalue weighted by Crippen LogP contribution is -2.49. The van der Waals surface area contributed by atoms with Gasteiger partial charge in [0.1, 0.15) is 0 Å². The Bertz CT molecular complexity index is 976. The summed E-state index contributed by atoms with van der Waals surface area (Å²) in [5.41, 5.74) is 4.26. The van der Waals surface area contributed by atoms with Gasteiger partial charge in [-0.25, -0.2) is 0 Å². The van der Waals surface area contributed by atoms with Crippen molar-refractivity contribution in [3.05, 3.63) is 35.5 Å². The monoisotopic (exact) mass is 514 g/mol. The summed E-state index contributed by atoms with van der Waals surface area (Å²) in [7, 11) is 1.44. The van der Waals surface area contributed by atoms with Crippen LogP contribution in [0, 0.1) is 39.9 Å². The molecular weight excluding hydrogens is 464 g/mol. The third-order valence-corrected chi connectivity index (χ3v) is 11.1. The number of allylic oxidation sites excluding steroid dienone is 4. The Balaban J connectivity index is 2.04. The number of fused-ring (bicyclic) bond motifs is 2. The summed E-state index contributed by atoms with van der Waals surface area (Å²) in [6.07, 6.45) is 5.82. The fourth-order valence-corrected chi connectivity index (χ4v) is 8.60. The first-order chi connectivity index (χ1) is 17.1. The largest absolute Gasteiger partial charge is 0.481 e. The van der Waals surface area contributed by atoms with Gasteiger partial charge in [-0.05, 0) is 86.4 Å². The number of carbonyl (C=O) groups is 2. The van der Waals surface area contributed by atoms with E-state index in [1.165, 1.54) is 18.3 Å². The van der Waals surface area contributed by atoms with Crippen molar-refractivity contribution >= 4 is 11.9 Å². The van der Waals surface area contributed by atoms with E-state index in [0.717, 1.165) is 36.8 Å². The van der Waals surface area contributed by atoms with E-state index in [1.54, 1.807) is 0 Å². The molecule has 1 saturated carbocycles. The maximum atomic E-state index is 12.6. The fraction of sp³-hybridized carbons (Fsp3) is 0.750. The number of hydrogen-bond donors (Lipinski definition) is 2. The van der Waals surface area contributed by atoms with E-state index in [2.05, 4.69) is 54.7 Å². The van der Waals surface area contributed by atoms with Crippen molar-refractivity contribution in [2.45, 2.75) is 105 Å². The highest BCUT2D eigenvalue weighted by Gasteiger charge is 2.65. The van der Waals surface area contributed by atoms with Gasteiger partial charge in [-0.15, -0.1) is 0 Å². The molecule has 2 N–H and O–H groups in total. The molecule has 0 radical (unpaired) electrons. The third kappa shape index (κ3) is 4.97. The SMILES string of the molecule is C=C(CCC(C(=O)O)C1C(O)CC2(C)C3=C(CCC12C)C(C)(CCC(=O)OC)C(C(=C)C)CC3)C(C)C. The minimum absolute atomic E-state index is 0.190. The van der Waals surface area contributed by atoms with E-state index < -0.39 is 18.0 Å². The number of esters is 1. The van der Waals surface area contributed by atoms with Crippen LogP contribution in [-0.2, 0) is 14.3 Å². The van der Waals surface area contributed by atoms with Gasteiger partial charge in [-0.3, -0.25) is 9.59 Å². The zero-order valence-corrected chi connectivity index (χ0v) is 24.3. The topological polar surface area (TPSA) is 83.8 Å². The van der Waals surface area contributed by atoms with Crippen molar-refractivity contribution < 1.29 is 24.5 Å². The molecule has 37 heavy (non-hydrogen) atoms. The maximum Gasteiger partial charge on any atom is 0.306 e. The Morgan fingerprint density at radius 2 is 1.76 bits per heavy atom. The van der Waals surface area contributed by atoms with Crippen LogP contribution in [0.5, 0.6) is 0 Å². The van der Waals surface area contributed by atoms with E-state index in [1.807, 2.05) is 0 Å². The Hall–Kier alpha value is -1.88. The molecule has 7 atom stereocenters. The number of rotatable bonds is 10. The van der Waals surface area contributed by atoms with Crippen molar-refractivity contribution in [2.75, 3.05) is 7.11 Å². The first-order valence-corrected chi connectivity index (χ1v) is 14.2. The second kappa shape index (κ2) is 10.7. The Kier molecular flexibility index (Phi) is 8.59. The minimum Gasteiger partial charge on any atom is -0.481 e. The predicted octanol–water partition coefficient (Wildman–Crippen LogP) is 7.11. The van der Waals surface area contributed by atoms with Crippen LogP contribution in [0.2, 0.25) is 0 Å². The van der Waals surface area contributed by atoms with Crippen molar-refractivity contribution in [3.63, 3.8) is 0 Å². The van der Waals surface area contributed by atoms with Crippen LogP contribution in [0.1, 0.15) is 99.3 Å². The molecule has 0 spiro atoms. The van der Waals surface area contributed by atoms with E-state index in [0.29, 0.717) is 43.9 Å². The molecule has 0 aromatic carbocycles. The normalized spacial score (nSPS) is 36.1. The Labute approximate surface area is 224 Å². The van der Waals surface area contributed by atoms with Gasteiger partial charge in [0, 0.05) is 12.3 Å². The summed E-state index contributed by atoms with van der Waals surface area (Å²) in [4.78, 5) is 24.8. The number of ether oxygens (including phenoxy) is 1. The van der Waals surface area contributed by atoms with Crippen LogP contribution in [-0.4, -0.2) is 35.4 Å². The van der Waals surface area contributed by atoms with Gasteiger partial charge in [0.2, 0.25) is 0 Å². The van der Waals surface area contributed by atoms with Crippen molar-refractivity contribution in [3.8, 4) is 0 Å². The highest BCUT2D eigenvalue weighted by molar-refractivity contribution is 5.71. The third-order valence-electron chi connectivity index (χ3n) is 11.1. The molecule has 7 unspecified atom stereocenters. The van der Waals surface area contributed by atoms with Crippen LogP contribution in [0.25, 0.3) is 0 Å². The molecule has 0 amide bonds.